The van der Waals surface area contributed by atoms with Gasteiger partial charge in [-0.3, -0.25) is 10.1 Å². The molecule has 0 fully saturated rings. The molecule has 4 rings (SSSR count). The second-order valence-electron chi connectivity index (χ2n) is 9.13. The molecule has 0 saturated carbocycles. The summed E-state index contributed by atoms with van der Waals surface area (Å²) in [4.78, 5) is 34.4. The van der Waals surface area contributed by atoms with Gasteiger partial charge in [0.05, 0.1) is 47.2 Å². The van der Waals surface area contributed by atoms with Gasteiger partial charge >= 0.3 is 12.3 Å². The van der Waals surface area contributed by atoms with Crippen LogP contribution in [0, 0.1) is 23.7 Å². The maximum Gasteiger partial charge on any atom is 0.434 e. The van der Waals surface area contributed by atoms with E-state index in [0.717, 1.165) is 16.9 Å². The fourth-order valence-corrected chi connectivity index (χ4v) is 3.43. The highest BCUT2D eigenvalue weighted by atomic mass is 19.4. The van der Waals surface area contributed by atoms with E-state index in [1.54, 1.807) is 26.8 Å². The molecule has 2 N–H and O–H groups in total. The number of carbonyl (C=O) groups is 2. The number of anilines is 2. The Morgan fingerprint density at radius 3 is 2.37 bits per heavy atom. The van der Waals surface area contributed by atoms with Crippen LogP contribution in [-0.2, 0) is 10.9 Å². The Labute approximate surface area is 230 Å². The minimum atomic E-state index is -5.07. The standard InChI is InChI=1S/C25H19F3N10O3/c1-5-14-10-16(12-30-21(14)38-31-8-9-32-38)34-22(39)17-13-33-37(19(17)25(26,27)28)18-7-6-15(11-29)20(35-18)36-23(40)41-24(2,3)4/h1,6-10,12-13H,2-4H3,(H,34,39)(H,35,36,40). The molecule has 41 heavy (non-hydrogen) atoms. The van der Waals surface area contributed by atoms with Gasteiger partial charge in [-0.1, -0.05) is 5.92 Å². The maximum absolute atomic E-state index is 14.2. The Balaban J connectivity index is 1.68. The molecule has 16 heteroatoms. The Kier molecular flexibility index (Phi) is 7.42. The van der Waals surface area contributed by atoms with Gasteiger partial charge in [-0.05, 0) is 39.0 Å². The number of ether oxygens (including phenoxy) is 1. The molecule has 4 heterocycles. The van der Waals surface area contributed by atoms with Crippen LogP contribution < -0.4 is 10.6 Å². The van der Waals surface area contributed by atoms with Crippen molar-refractivity contribution in [3.8, 4) is 30.0 Å². The number of nitrogens with zero attached hydrogens (tertiary/aromatic N) is 8. The van der Waals surface area contributed by atoms with Gasteiger partial charge in [-0.2, -0.15) is 33.7 Å². The van der Waals surface area contributed by atoms with Crippen molar-refractivity contribution in [2.75, 3.05) is 10.6 Å². The van der Waals surface area contributed by atoms with E-state index in [4.69, 9.17) is 11.2 Å². The molecular weight excluding hydrogens is 545 g/mol. The molecule has 2 amide bonds. The van der Waals surface area contributed by atoms with Crippen molar-refractivity contribution in [3.05, 3.63) is 65.4 Å². The summed E-state index contributed by atoms with van der Waals surface area (Å²) in [5, 5.41) is 25.5. The SMILES string of the molecule is C#Cc1cc(NC(=O)c2cnn(-c3ccc(C#N)c(NC(=O)OC(C)(C)C)n3)c2C(F)(F)F)cnc1-n1nccn1. The summed E-state index contributed by atoms with van der Waals surface area (Å²) in [6.45, 7) is 4.80. The first-order valence-corrected chi connectivity index (χ1v) is 11.5. The van der Waals surface area contributed by atoms with Crippen molar-refractivity contribution in [1.82, 2.24) is 34.7 Å². The first-order chi connectivity index (χ1) is 19.3. The van der Waals surface area contributed by atoms with E-state index in [2.05, 4.69) is 41.8 Å². The van der Waals surface area contributed by atoms with Crippen molar-refractivity contribution in [2.24, 2.45) is 0 Å². The number of carbonyl (C=O) groups excluding carboxylic acids is 2. The van der Waals surface area contributed by atoms with Crippen molar-refractivity contribution in [1.29, 1.82) is 5.26 Å². The highest BCUT2D eigenvalue weighted by Crippen LogP contribution is 2.34. The monoisotopic (exact) mass is 564 g/mol. The van der Waals surface area contributed by atoms with E-state index >= 15 is 0 Å². The molecule has 13 nitrogen and oxygen atoms in total. The van der Waals surface area contributed by atoms with Crippen LogP contribution in [0.4, 0.5) is 29.5 Å². The zero-order valence-corrected chi connectivity index (χ0v) is 21.6. The van der Waals surface area contributed by atoms with E-state index in [0.29, 0.717) is 10.9 Å². The van der Waals surface area contributed by atoms with E-state index in [9.17, 15) is 28.0 Å². The van der Waals surface area contributed by atoms with Gasteiger partial charge in [0.25, 0.3) is 5.91 Å². The summed E-state index contributed by atoms with van der Waals surface area (Å²) in [6.07, 6.45) is 4.13. The second-order valence-corrected chi connectivity index (χ2v) is 9.13. The molecule has 0 atom stereocenters. The van der Waals surface area contributed by atoms with Crippen LogP contribution in [0.2, 0.25) is 0 Å². The largest absolute Gasteiger partial charge is 0.444 e. The van der Waals surface area contributed by atoms with Gasteiger partial charge < -0.3 is 10.1 Å². The Hall–Kier alpha value is -5.77. The molecule has 4 aromatic rings. The number of alkyl halides is 3. The van der Waals surface area contributed by atoms with Gasteiger partial charge in [0.2, 0.25) is 0 Å². The molecule has 0 aliphatic heterocycles. The third kappa shape index (κ3) is 6.28. The Morgan fingerprint density at radius 1 is 1.05 bits per heavy atom. The number of amides is 2. The van der Waals surface area contributed by atoms with Crippen molar-refractivity contribution in [3.63, 3.8) is 0 Å². The summed E-state index contributed by atoms with van der Waals surface area (Å²) in [5.41, 5.74) is -3.18. The lowest BCUT2D eigenvalue weighted by molar-refractivity contribution is -0.143. The summed E-state index contributed by atoms with van der Waals surface area (Å²) >= 11 is 0. The fraction of sp³-hybridized carbons (Fsp3) is 0.200. The molecule has 0 bridgehead atoms. The van der Waals surface area contributed by atoms with Crippen LogP contribution >= 0.6 is 0 Å². The molecule has 0 saturated heterocycles. The predicted octanol–water partition coefficient (Wildman–Crippen LogP) is 3.71. The summed E-state index contributed by atoms with van der Waals surface area (Å²) in [5.74, 6) is 0.555. The third-order valence-corrected chi connectivity index (χ3v) is 5.01. The van der Waals surface area contributed by atoms with Crippen LogP contribution in [-0.4, -0.2) is 52.3 Å². The number of rotatable bonds is 5. The van der Waals surface area contributed by atoms with Crippen LogP contribution in [0.1, 0.15) is 48.0 Å². The first-order valence-electron chi connectivity index (χ1n) is 11.5. The highest BCUT2D eigenvalue weighted by molar-refractivity contribution is 6.05. The molecule has 0 aliphatic rings. The number of hydrogen-bond acceptors (Lipinski definition) is 9. The predicted molar refractivity (Wildman–Crippen MR) is 136 cm³/mol. The van der Waals surface area contributed by atoms with Gasteiger partial charge in [-0.25, -0.2) is 19.4 Å². The lowest BCUT2D eigenvalue weighted by Crippen LogP contribution is -2.28. The molecular formula is C25H19F3N10O3. The van der Waals surface area contributed by atoms with E-state index in [1.807, 2.05) is 0 Å². The normalized spacial score (nSPS) is 11.3. The number of nitriles is 1. The molecule has 0 spiro atoms. The number of aromatic nitrogens is 7. The van der Waals surface area contributed by atoms with Crippen LogP contribution in [0.25, 0.3) is 11.6 Å². The first kappa shape index (κ1) is 28.2. The molecule has 0 radical (unpaired) electrons. The van der Waals surface area contributed by atoms with Crippen LogP contribution in [0.5, 0.6) is 0 Å². The topological polar surface area (TPSA) is 166 Å². The van der Waals surface area contributed by atoms with Crippen LogP contribution in [0.15, 0.2) is 43.0 Å². The van der Waals surface area contributed by atoms with E-state index in [1.165, 1.54) is 24.7 Å². The molecule has 0 aliphatic carbocycles. The average Bonchev–Trinajstić information content (AvgIpc) is 3.58. The van der Waals surface area contributed by atoms with Crippen molar-refractivity contribution < 1.29 is 27.5 Å². The van der Waals surface area contributed by atoms with Crippen LogP contribution in [0.3, 0.4) is 0 Å². The number of terminal acetylenes is 1. The van der Waals surface area contributed by atoms with Gasteiger partial charge in [-0.15, -0.1) is 11.2 Å². The minimum Gasteiger partial charge on any atom is -0.444 e. The Morgan fingerprint density at radius 2 is 1.76 bits per heavy atom. The van der Waals surface area contributed by atoms with E-state index in [-0.39, 0.29) is 28.5 Å². The number of halogens is 3. The lowest BCUT2D eigenvalue weighted by Gasteiger charge is -2.20. The molecule has 0 aromatic carbocycles. The minimum absolute atomic E-state index is 0.0000701. The van der Waals surface area contributed by atoms with E-state index < -0.39 is 40.9 Å². The maximum atomic E-state index is 14.2. The zero-order valence-electron chi connectivity index (χ0n) is 21.6. The zero-order chi connectivity index (χ0) is 29.9. The second kappa shape index (κ2) is 10.8. The third-order valence-electron chi connectivity index (χ3n) is 5.01. The lowest BCUT2D eigenvalue weighted by atomic mass is 10.2. The smallest absolute Gasteiger partial charge is 0.434 e. The highest BCUT2D eigenvalue weighted by Gasteiger charge is 2.41. The fourth-order valence-electron chi connectivity index (χ4n) is 3.43. The van der Waals surface area contributed by atoms with Gasteiger partial charge in [0.15, 0.2) is 23.1 Å². The number of nitrogens with one attached hydrogen (secondary N) is 2. The molecule has 208 valence electrons. The van der Waals surface area contributed by atoms with Crippen molar-refractivity contribution in [2.45, 2.75) is 32.5 Å². The summed E-state index contributed by atoms with van der Waals surface area (Å²) in [6, 6.07) is 5.32. The van der Waals surface area contributed by atoms with Crippen molar-refractivity contribution >= 4 is 23.5 Å². The molecule has 0 unspecified atom stereocenters. The molecule has 4 aromatic heterocycles. The average molecular weight is 564 g/mol. The number of pyridine rings is 2. The van der Waals surface area contributed by atoms with Gasteiger partial charge in [0.1, 0.15) is 11.7 Å². The Bertz CT molecular complexity index is 1710. The summed E-state index contributed by atoms with van der Waals surface area (Å²) in [7, 11) is 0. The number of hydrogen-bond donors (Lipinski definition) is 2. The van der Waals surface area contributed by atoms with Gasteiger partial charge in [0, 0.05) is 0 Å². The summed E-state index contributed by atoms with van der Waals surface area (Å²) < 4.78 is 48.2. The quantitative estimate of drug-likeness (QED) is 0.344.